The van der Waals surface area contributed by atoms with Crippen molar-refractivity contribution in [3.63, 3.8) is 0 Å². The minimum Gasteiger partial charge on any atom is -0.401 e. The van der Waals surface area contributed by atoms with Gasteiger partial charge in [-0.2, -0.15) is 0 Å². The fraction of sp³-hybridized carbons (Fsp3) is 0.500. The van der Waals surface area contributed by atoms with Gasteiger partial charge in [0, 0.05) is 35.3 Å². The van der Waals surface area contributed by atoms with Crippen LogP contribution in [0.15, 0.2) is 22.9 Å². The Labute approximate surface area is 111 Å². The number of nitrogens with two attached hydrogens (primary N) is 1. The summed E-state index contributed by atoms with van der Waals surface area (Å²) in [7, 11) is 0. The van der Waals surface area contributed by atoms with Crippen molar-refractivity contribution in [1.29, 1.82) is 0 Å². The van der Waals surface area contributed by atoms with Crippen LogP contribution in [-0.2, 0) is 4.79 Å². The zero-order valence-electron chi connectivity index (χ0n) is 10.4. The molecule has 1 saturated carbocycles. The van der Waals surface area contributed by atoms with E-state index in [1.54, 1.807) is 0 Å². The van der Waals surface area contributed by atoms with Gasteiger partial charge in [0.25, 0.3) is 0 Å². The fourth-order valence-corrected chi connectivity index (χ4v) is 2.76. The van der Waals surface area contributed by atoms with Gasteiger partial charge in [-0.05, 0) is 12.5 Å². The predicted molar refractivity (Wildman–Crippen MR) is 68.4 cm³/mol. The van der Waals surface area contributed by atoms with Crippen molar-refractivity contribution in [2.24, 2.45) is 17.6 Å². The first-order chi connectivity index (χ1) is 8.99. The maximum Gasteiger partial charge on any atom is 0.165 e. The summed E-state index contributed by atoms with van der Waals surface area (Å²) in [5.74, 6) is 1.29. The topological polar surface area (TPSA) is 104 Å². The number of allylic oxidation sites excluding steroid dienone is 3. The highest BCUT2D eigenvalue weighted by atomic mass is 16.3. The van der Waals surface area contributed by atoms with Crippen LogP contribution in [0.5, 0.6) is 0 Å². The Morgan fingerprint density at radius 1 is 1.42 bits per heavy atom. The molecule has 0 bridgehead atoms. The second-order valence-corrected chi connectivity index (χ2v) is 5.05. The fourth-order valence-electron chi connectivity index (χ4n) is 2.76. The van der Waals surface area contributed by atoms with E-state index in [1.807, 2.05) is 0 Å². The number of ketones is 1. The largest absolute Gasteiger partial charge is 0.401 e. The van der Waals surface area contributed by atoms with Crippen LogP contribution in [-0.4, -0.2) is 39.9 Å². The minimum absolute atomic E-state index is 0.0362. The predicted octanol–water partition coefficient (Wildman–Crippen LogP) is -0.918. The van der Waals surface area contributed by atoms with Crippen LogP contribution in [0, 0.1) is 24.2 Å². The van der Waals surface area contributed by atoms with Crippen LogP contribution in [0.2, 0.25) is 0 Å². The van der Waals surface area contributed by atoms with Gasteiger partial charge in [-0.15, -0.1) is 6.42 Å². The second-order valence-electron chi connectivity index (χ2n) is 5.05. The number of Topliss-reactive ketones (excluding diaryl/α,β-unsaturated/α-hetero) is 1. The molecule has 0 aromatic rings. The second kappa shape index (κ2) is 5.17. The molecule has 19 heavy (non-hydrogen) atoms. The van der Waals surface area contributed by atoms with E-state index in [4.69, 9.17) is 17.3 Å². The average molecular weight is 263 g/mol. The van der Waals surface area contributed by atoms with E-state index in [2.05, 4.69) is 5.92 Å². The van der Waals surface area contributed by atoms with Crippen LogP contribution in [0.4, 0.5) is 0 Å². The molecule has 0 aliphatic heterocycles. The number of carbonyl (C=O) groups excluding carboxylic acids is 1. The van der Waals surface area contributed by atoms with Gasteiger partial charge >= 0.3 is 0 Å². The lowest BCUT2D eigenvalue weighted by molar-refractivity contribution is -0.116. The van der Waals surface area contributed by atoms with Gasteiger partial charge in [0.2, 0.25) is 0 Å². The van der Waals surface area contributed by atoms with Crippen molar-refractivity contribution in [1.82, 2.24) is 0 Å². The highest BCUT2D eigenvalue weighted by Crippen LogP contribution is 2.38. The Hall–Kier alpha value is -1.61. The maximum atomic E-state index is 12.0. The summed E-state index contributed by atoms with van der Waals surface area (Å²) < 4.78 is 0. The number of carbonyl (C=O) groups is 1. The standard InChI is InChI=1S/C14H17NO4/c1-2-7-3-9(12(17)5-11(7)15)10-4-8(6-16)13(18)14(10)19/h1,3,8,10,13-14,16,18-19H,4-6,15H2/t8-,10?,13-,14+/m1/s1. The van der Waals surface area contributed by atoms with E-state index in [-0.39, 0.29) is 18.8 Å². The van der Waals surface area contributed by atoms with E-state index in [0.717, 1.165) is 0 Å². The zero-order chi connectivity index (χ0) is 14.2. The molecule has 0 spiro atoms. The van der Waals surface area contributed by atoms with Gasteiger partial charge in [-0.25, -0.2) is 0 Å². The summed E-state index contributed by atoms with van der Waals surface area (Å²) in [6, 6.07) is 0. The molecule has 5 heteroatoms. The zero-order valence-corrected chi connectivity index (χ0v) is 10.4. The molecule has 2 aliphatic rings. The highest BCUT2D eigenvalue weighted by Gasteiger charge is 2.44. The molecule has 1 unspecified atom stereocenters. The Bertz CT molecular complexity index is 500. The molecule has 0 radical (unpaired) electrons. The SMILES string of the molecule is C#CC1=C(N)CC(=O)C(C2C[C@H](CO)[C@@H](O)[C@H]2O)=C1. The van der Waals surface area contributed by atoms with Crippen molar-refractivity contribution in [2.45, 2.75) is 25.0 Å². The third-order valence-corrected chi connectivity index (χ3v) is 3.91. The first-order valence-corrected chi connectivity index (χ1v) is 6.16. The van der Waals surface area contributed by atoms with Gasteiger partial charge in [0.05, 0.1) is 18.6 Å². The average Bonchev–Trinajstić information content (AvgIpc) is 2.67. The van der Waals surface area contributed by atoms with Crippen LogP contribution in [0.25, 0.3) is 0 Å². The highest BCUT2D eigenvalue weighted by molar-refractivity contribution is 5.99. The van der Waals surface area contributed by atoms with Crippen molar-refractivity contribution in [2.75, 3.05) is 6.61 Å². The smallest absolute Gasteiger partial charge is 0.165 e. The summed E-state index contributed by atoms with van der Waals surface area (Å²) in [6.07, 6.45) is 5.14. The molecule has 5 N–H and O–H groups in total. The molecule has 1 fully saturated rings. The normalized spacial score (nSPS) is 35.3. The molecular weight excluding hydrogens is 246 g/mol. The first kappa shape index (κ1) is 13.8. The molecule has 0 heterocycles. The number of aliphatic hydroxyl groups excluding tert-OH is 3. The Morgan fingerprint density at radius 2 is 2.11 bits per heavy atom. The first-order valence-electron chi connectivity index (χ1n) is 6.16. The van der Waals surface area contributed by atoms with E-state index >= 15 is 0 Å². The lowest BCUT2D eigenvalue weighted by Crippen LogP contribution is -2.32. The van der Waals surface area contributed by atoms with Gasteiger partial charge in [0.15, 0.2) is 5.78 Å². The van der Waals surface area contributed by atoms with E-state index in [0.29, 0.717) is 23.3 Å². The Kier molecular flexibility index (Phi) is 3.76. The molecule has 5 nitrogen and oxygen atoms in total. The number of rotatable bonds is 2. The molecule has 2 rings (SSSR count). The van der Waals surface area contributed by atoms with Gasteiger partial charge < -0.3 is 21.1 Å². The minimum atomic E-state index is -1.06. The summed E-state index contributed by atoms with van der Waals surface area (Å²) in [5.41, 5.74) is 6.87. The van der Waals surface area contributed by atoms with E-state index in [1.165, 1.54) is 6.08 Å². The number of terminal acetylenes is 1. The molecule has 0 aromatic carbocycles. The molecular formula is C14H17NO4. The van der Waals surface area contributed by atoms with Crippen LogP contribution >= 0.6 is 0 Å². The Morgan fingerprint density at radius 3 is 2.63 bits per heavy atom. The lowest BCUT2D eigenvalue weighted by atomic mass is 9.84. The van der Waals surface area contributed by atoms with Crippen molar-refractivity contribution < 1.29 is 20.1 Å². The summed E-state index contributed by atoms with van der Waals surface area (Å²) in [5, 5.41) is 28.9. The third kappa shape index (κ3) is 2.30. The van der Waals surface area contributed by atoms with Crippen LogP contribution < -0.4 is 5.73 Å². The molecule has 4 atom stereocenters. The van der Waals surface area contributed by atoms with Gasteiger partial charge in [-0.1, -0.05) is 5.92 Å². The summed E-state index contributed by atoms with van der Waals surface area (Å²) in [4.78, 5) is 12.0. The molecule has 2 aliphatic carbocycles. The maximum absolute atomic E-state index is 12.0. The van der Waals surface area contributed by atoms with Crippen LogP contribution in [0.1, 0.15) is 12.8 Å². The van der Waals surface area contributed by atoms with E-state index in [9.17, 15) is 15.0 Å². The van der Waals surface area contributed by atoms with Crippen molar-refractivity contribution >= 4 is 5.78 Å². The molecule has 0 amide bonds. The lowest BCUT2D eigenvalue weighted by Gasteiger charge is -2.22. The van der Waals surface area contributed by atoms with Crippen molar-refractivity contribution in [3.8, 4) is 12.3 Å². The molecule has 0 saturated heterocycles. The molecule has 0 aromatic heterocycles. The van der Waals surface area contributed by atoms with Crippen molar-refractivity contribution in [3.05, 3.63) is 22.9 Å². The number of aliphatic hydroxyl groups is 3. The number of hydrogen-bond acceptors (Lipinski definition) is 5. The van der Waals surface area contributed by atoms with Gasteiger partial charge in [-0.3, -0.25) is 4.79 Å². The summed E-state index contributed by atoms with van der Waals surface area (Å²) >= 11 is 0. The van der Waals surface area contributed by atoms with Gasteiger partial charge in [0.1, 0.15) is 0 Å². The Balaban J connectivity index is 2.32. The van der Waals surface area contributed by atoms with E-state index < -0.39 is 24.0 Å². The monoisotopic (exact) mass is 263 g/mol. The molecule has 102 valence electrons. The quantitative estimate of drug-likeness (QED) is 0.482. The summed E-state index contributed by atoms with van der Waals surface area (Å²) in [6.45, 7) is -0.226. The third-order valence-electron chi connectivity index (χ3n) is 3.91. The number of hydrogen-bond donors (Lipinski definition) is 4. The van der Waals surface area contributed by atoms with Crippen LogP contribution in [0.3, 0.4) is 0 Å².